The highest BCUT2D eigenvalue weighted by Crippen LogP contribution is 2.18. The van der Waals surface area contributed by atoms with Crippen LogP contribution in [0.15, 0.2) is 0 Å². The molecule has 1 fully saturated rings. The normalized spacial score (nSPS) is 14.5. The number of hydrogen-bond acceptors (Lipinski definition) is 2. The van der Waals surface area contributed by atoms with Gasteiger partial charge in [-0.2, -0.15) is 0 Å². The van der Waals surface area contributed by atoms with E-state index in [-0.39, 0.29) is 18.5 Å². The molecule has 3 amide bonds. The summed E-state index contributed by atoms with van der Waals surface area (Å²) in [7, 11) is 0. The number of nitrogens with one attached hydrogen (secondary N) is 2. The first-order valence-electron chi connectivity index (χ1n) is 5.49. The number of rotatable bonds is 5. The summed E-state index contributed by atoms with van der Waals surface area (Å²) in [6, 6.07) is 0.201. The number of hydrogen-bond donors (Lipinski definition) is 2. The number of carbonyl (C=O) groups excluding carboxylic acids is 2. The Balaban J connectivity index is 2.32. The molecule has 1 saturated carbocycles. The molecular weight excluding hydrogens is 194 g/mol. The number of urea groups is 1. The third kappa shape index (κ3) is 4.18. The smallest absolute Gasteiger partial charge is 0.318 e. The Kier molecular flexibility index (Phi) is 4.39. The maximum atomic E-state index is 11.6. The van der Waals surface area contributed by atoms with Crippen molar-refractivity contribution < 1.29 is 9.59 Å². The van der Waals surface area contributed by atoms with Gasteiger partial charge in [0.05, 0.1) is 0 Å². The van der Waals surface area contributed by atoms with Crippen molar-refractivity contribution in [2.75, 3.05) is 19.6 Å². The van der Waals surface area contributed by atoms with Crippen molar-refractivity contribution in [3.05, 3.63) is 0 Å². The number of amides is 3. The van der Waals surface area contributed by atoms with Gasteiger partial charge in [0, 0.05) is 19.1 Å². The highest BCUT2D eigenvalue weighted by molar-refractivity contribution is 5.84. The molecule has 0 heterocycles. The van der Waals surface area contributed by atoms with Crippen LogP contribution in [-0.4, -0.2) is 42.5 Å². The first-order chi connectivity index (χ1) is 7.17. The fraction of sp³-hybridized carbons (Fsp3) is 0.800. The molecule has 0 radical (unpaired) electrons. The Labute approximate surface area is 90.2 Å². The minimum atomic E-state index is -0.133. The van der Waals surface area contributed by atoms with Crippen molar-refractivity contribution in [3.8, 4) is 0 Å². The van der Waals surface area contributed by atoms with Crippen molar-refractivity contribution in [1.29, 1.82) is 0 Å². The van der Waals surface area contributed by atoms with E-state index in [0.29, 0.717) is 19.1 Å². The van der Waals surface area contributed by atoms with Crippen LogP contribution < -0.4 is 10.6 Å². The Morgan fingerprint density at radius 3 is 2.47 bits per heavy atom. The molecule has 1 rings (SSSR count). The second-order valence-corrected chi connectivity index (χ2v) is 3.69. The van der Waals surface area contributed by atoms with Crippen LogP contribution in [0.1, 0.15) is 26.7 Å². The molecule has 1 aliphatic rings. The lowest BCUT2D eigenvalue weighted by Gasteiger charge is -2.20. The SMILES string of the molecule is CCNC(=O)CN(CC)C(=O)NC1CC1. The molecule has 0 aromatic carbocycles. The van der Waals surface area contributed by atoms with E-state index in [1.807, 2.05) is 13.8 Å². The van der Waals surface area contributed by atoms with Crippen LogP contribution in [0, 0.1) is 0 Å². The van der Waals surface area contributed by atoms with Crippen molar-refractivity contribution in [1.82, 2.24) is 15.5 Å². The van der Waals surface area contributed by atoms with Crippen LogP contribution in [-0.2, 0) is 4.79 Å². The van der Waals surface area contributed by atoms with Crippen molar-refractivity contribution >= 4 is 11.9 Å². The maximum Gasteiger partial charge on any atom is 0.318 e. The molecule has 0 saturated heterocycles. The average molecular weight is 213 g/mol. The van der Waals surface area contributed by atoms with E-state index >= 15 is 0 Å². The molecule has 5 nitrogen and oxygen atoms in total. The van der Waals surface area contributed by atoms with Crippen LogP contribution in [0.2, 0.25) is 0 Å². The predicted octanol–water partition coefficient (Wildman–Crippen LogP) is 0.316. The second-order valence-electron chi connectivity index (χ2n) is 3.69. The van der Waals surface area contributed by atoms with Crippen LogP contribution >= 0.6 is 0 Å². The lowest BCUT2D eigenvalue weighted by Crippen LogP contribution is -2.46. The summed E-state index contributed by atoms with van der Waals surface area (Å²) in [5.41, 5.74) is 0. The lowest BCUT2D eigenvalue weighted by molar-refractivity contribution is -0.121. The summed E-state index contributed by atoms with van der Waals surface area (Å²) in [5.74, 6) is -0.106. The first-order valence-corrected chi connectivity index (χ1v) is 5.49. The summed E-state index contributed by atoms with van der Waals surface area (Å²) in [6.07, 6.45) is 2.12. The van der Waals surface area contributed by atoms with Crippen LogP contribution in [0.5, 0.6) is 0 Å². The first kappa shape index (κ1) is 11.8. The molecule has 2 N–H and O–H groups in total. The maximum absolute atomic E-state index is 11.6. The summed E-state index contributed by atoms with van der Waals surface area (Å²) in [5, 5.41) is 5.53. The quantitative estimate of drug-likeness (QED) is 0.690. The fourth-order valence-electron chi connectivity index (χ4n) is 1.25. The highest BCUT2D eigenvalue weighted by Gasteiger charge is 2.25. The van der Waals surface area contributed by atoms with E-state index in [2.05, 4.69) is 10.6 Å². The predicted molar refractivity (Wildman–Crippen MR) is 57.5 cm³/mol. The molecule has 15 heavy (non-hydrogen) atoms. The number of likely N-dealkylation sites (N-methyl/N-ethyl adjacent to an activating group) is 2. The number of carbonyl (C=O) groups is 2. The molecule has 0 aromatic heterocycles. The fourth-order valence-corrected chi connectivity index (χ4v) is 1.25. The van der Waals surface area contributed by atoms with E-state index < -0.39 is 0 Å². The Hall–Kier alpha value is -1.26. The van der Waals surface area contributed by atoms with E-state index in [0.717, 1.165) is 12.8 Å². The molecule has 0 atom stereocenters. The van der Waals surface area contributed by atoms with E-state index in [4.69, 9.17) is 0 Å². The van der Waals surface area contributed by atoms with Crippen molar-refractivity contribution in [2.24, 2.45) is 0 Å². The van der Waals surface area contributed by atoms with E-state index in [1.165, 1.54) is 4.90 Å². The number of nitrogens with zero attached hydrogens (tertiary/aromatic N) is 1. The summed E-state index contributed by atoms with van der Waals surface area (Å²) < 4.78 is 0. The van der Waals surface area contributed by atoms with Crippen LogP contribution in [0.4, 0.5) is 4.79 Å². The van der Waals surface area contributed by atoms with Gasteiger partial charge in [-0.3, -0.25) is 4.79 Å². The highest BCUT2D eigenvalue weighted by atomic mass is 16.2. The van der Waals surface area contributed by atoms with Gasteiger partial charge in [-0.15, -0.1) is 0 Å². The van der Waals surface area contributed by atoms with Crippen LogP contribution in [0.3, 0.4) is 0 Å². The topological polar surface area (TPSA) is 61.4 Å². The third-order valence-corrected chi connectivity index (χ3v) is 2.28. The Bertz CT molecular complexity index is 239. The molecule has 86 valence electrons. The third-order valence-electron chi connectivity index (χ3n) is 2.28. The Morgan fingerprint density at radius 2 is 2.00 bits per heavy atom. The van der Waals surface area contributed by atoms with Gasteiger partial charge in [0.2, 0.25) is 5.91 Å². The molecule has 5 heteroatoms. The zero-order chi connectivity index (χ0) is 11.3. The summed E-state index contributed by atoms with van der Waals surface area (Å²) >= 11 is 0. The van der Waals surface area contributed by atoms with Gasteiger partial charge in [0.25, 0.3) is 0 Å². The van der Waals surface area contributed by atoms with Gasteiger partial charge in [-0.05, 0) is 26.7 Å². The molecule has 0 unspecified atom stereocenters. The lowest BCUT2D eigenvalue weighted by atomic mass is 10.4. The zero-order valence-electron chi connectivity index (χ0n) is 9.38. The average Bonchev–Trinajstić information content (AvgIpc) is 2.98. The van der Waals surface area contributed by atoms with Gasteiger partial charge < -0.3 is 15.5 Å². The van der Waals surface area contributed by atoms with Crippen LogP contribution in [0.25, 0.3) is 0 Å². The monoisotopic (exact) mass is 213 g/mol. The van der Waals surface area contributed by atoms with Gasteiger partial charge in [-0.25, -0.2) is 4.79 Å². The van der Waals surface area contributed by atoms with Gasteiger partial charge >= 0.3 is 6.03 Å². The Morgan fingerprint density at radius 1 is 1.33 bits per heavy atom. The minimum absolute atomic E-state index is 0.106. The summed E-state index contributed by atoms with van der Waals surface area (Å²) in [6.45, 7) is 5.02. The largest absolute Gasteiger partial charge is 0.355 e. The molecule has 0 bridgehead atoms. The molecule has 1 aliphatic carbocycles. The van der Waals surface area contributed by atoms with Crippen molar-refractivity contribution in [2.45, 2.75) is 32.7 Å². The van der Waals surface area contributed by atoms with Crippen molar-refractivity contribution in [3.63, 3.8) is 0 Å². The van der Waals surface area contributed by atoms with Gasteiger partial charge in [0.1, 0.15) is 6.54 Å². The van der Waals surface area contributed by atoms with E-state index in [1.54, 1.807) is 0 Å². The molecule has 0 aliphatic heterocycles. The molecule has 0 aromatic rings. The molecular formula is C10H19N3O2. The van der Waals surface area contributed by atoms with Gasteiger partial charge in [-0.1, -0.05) is 0 Å². The summed E-state index contributed by atoms with van der Waals surface area (Å²) in [4.78, 5) is 24.4. The standard InChI is InChI=1S/C10H19N3O2/c1-3-11-9(14)7-13(4-2)10(15)12-8-5-6-8/h8H,3-7H2,1-2H3,(H,11,14)(H,12,15). The van der Waals surface area contributed by atoms with E-state index in [9.17, 15) is 9.59 Å². The second kappa shape index (κ2) is 5.58. The zero-order valence-corrected chi connectivity index (χ0v) is 9.38. The molecule has 0 spiro atoms. The van der Waals surface area contributed by atoms with Gasteiger partial charge in [0.15, 0.2) is 0 Å². The minimum Gasteiger partial charge on any atom is -0.355 e.